The lowest BCUT2D eigenvalue weighted by Crippen LogP contribution is -2.52. The van der Waals surface area contributed by atoms with Crippen molar-refractivity contribution in [3.05, 3.63) is 52.5 Å². The van der Waals surface area contributed by atoms with Crippen molar-refractivity contribution in [1.29, 1.82) is 0 Å². The van der Waals surface area contributed by atoms with Crippen molar-refractivity contribution in [3.63, 3.8) is 0 Å². The number of aryl methyl sites for hydroxylation is 2. The van der Waals surface area contributed by atoms with Gasteiger partial charge in [0.05, 0.1) is 22.7 Å². The van der Waals surface area contributed by atoms with Crippen LogP contribution in [-0.4, -0.2) is 26.3 Å². The number of nitrogens with zero attached hydrogens (tertiary/aromatic N) is 1. The highest BCUT2D eigenvalue weighted by molar-refractivity contribution is 7.93. The maximum atomic E-state index is 13.5. The van der Waals surface area contributed by atoms with Gasteiger partial charge in [-0.2, -0.15) is 0 Å². The molecule has 3 N–H and O–H groups in total. The number of sulfonamides is 1. The standard InChI is InChI=1S/C18H18ClN3O4S/c1-10-8-16(11(2)7-12(10)19)27(25,26)22-14-6-4-3-5-13(14)21-18(24)15(22)9-17(20)23/h3-8,15H,9H2,1-2H3,(H2,20,23)(H,21,24). The van der Waals surface area contributed by atoms with E-state index in [0.29, 0.717) is 21.8 Å². The van der Waals surface area contributed by atoms with E-state index in [2.05, 4.69) is 5.32 Å². The first-order valence-electron chi connectivity index (χ1n) is 8.12. The number of carbonyl (C=O) groups is 2. The van der Waals surface area contributed by atoms with Gasteiger partial charge in [-0.25, -0.2) is 8.42 Å². The fraction of sp³-hybridized carbons (Fsp3) is 0.222. The van der Waals surface area contributed by atoms with Crippen LogP contribution in [0.2, 0.25) is 5.02 Å². The van der Waals surface area contributed by atoms with Crippen molar-refractivity contribution in [2.75, 3.05) is 9.62 Å². The first-order valence-corrected chi connectivity index (χ1v) is 9.94. The minimum absolute atomic E-state index is 0.0170. The Hall–Kier alpha value is -2.58. The van der Waals surface area contributed by atoms with E-state index >= 15 is 0 Å². The van der Waals surface area contributed by atoms with Gasteiger partial charge in [0, 0.05) is 5.02 Å². The van der Waals surface area contributed by atoms with Crippen molar-refractivity contribution >= 4 is 44.8 Å². The second kappa shape index (κ2) is 6.86. The zero-order chi connectivity index (χ0) is 19.9. The van der Waals surface area contributed by atoms with Gasteiger partial charge < -0.3 is 11.1 Å². The van der Waals surface area contributed by atoms with Crippen LogP contribution in [0.15, 0.2) is 41.3 Å². The van der Waals surface area contributed by atoms with E-state index in [4.69, 9.17) is 17.3 Å². The molecule has 2 amide bonds. The summed E-state index contributed by atoms with van der Waals surface area (Å²) < 4.78 is 28.0. The molecule has 7 nitrogen and oxygen atoms in total. The number of fused-ring (bicyclic) bond motifs is 1. The number of nitrogens with two attached hydrogens (primary N) is 1. The summed E-state index contributed by atoms with van der Waals surface area (Å²) in [5.41, 5.74) is 6.90. The van der Waals surface area contributed by atoms with Crippen molar-refractivity contribution in [3.8, 4) is 0 Å². The highest BCUT2D eigenvalue weighted by atomic mass is 35.5. The average Bonchev–Trinajstić information content (AvgIpc) is 2.58. The number of primary amides is 1. The molecule has 1 aliphatic heterocycles. The Morgan fingerprint density at radius 1 is 1.22 bits per heavy atom. The second-order valence-corrected chi connectivity index (χ2v) is 8.55. The molecule has 0 fully saturated rings. The largest absolute Gasteiger partial charge is 0.370 e. The lowest BCUT2D eigenvalue weighted by molar-refractivity contribution is -0.123. The lowest BCUT2D eigenvalue weighted by atomic mass is 10.1. The van der Waals surface area contributed by atoms with Crippen LogP contribution in [0.25, 0.3) is 0 Å². The molecule has 27 heavy (non-hydrogen) atoms. The van der Waals surface area contributed by atoms with E-state index in [0.717, 1.165) is 4.31 Å². The zero-order valence-corrected chi connectivity index (χ0v) is 16.3. The number of carbonyl (C=O) groups excluding carboxylic acids is 2. The minimum Gasteiger partial charge on any atom is -0.370 e. The van der Waals surface area contributed by atoms with E-state index in [1.807, 2.05) is 0 Å². The SMILES string of the molecule is Cc1cc(S(=O)(=O)N2c3ccccc3NC(=O)C2CC(N)=O)c(C)cc1Cl. The van der Waals surface area contributed by atoms with Crippen LogP contribution < -0.4 is 15.4 Å². The number of hydrogen-bond acceptors (Lipinski definition) is 4. The van der Waals surface area contributed by atoms with Crippen LogP contribution >= 0.6 is 11.6 Å². The molecule has 0 aliphatic carbocycles. The highest BCUT2D eigenvalue weighted by Crippen LogP contribution is 2.38. The Balaban J connectivity index is 2.25. The number of halogens is 1. The van der Waals surface area contributed by atoms with E-state index in [9.17, 15) is 18.0 Å². The molecule has 0 saturated heterocycles. The Morgan fingerprint density at radius 3 is 2.56 bits per heavy atom. The van der Waals surface area contributed by atoms with Crippen LogP contribution in [0, 0.1) is 13.8 Å². The summed E-state index contributed by atoms with van der Waals surface area (Å²) in [4.78, 5) is 24.1. The Bertz CT molecular complexity index is 1050. The number of para-hydroxylation sites is 2. The third-order valence-corrected chi connectivity index (χ3v) is 6.74. The molecule has 142 valence electrons. The normalized spacial score (nSPS) is 16.6. The van der Waals surface area contributed by atoms with E-state index < -0.39 is 34.3 Å². The fourth-order valence-corrected chi connectivity index (χ4v) is 5.21. The molecule has 0 spiro atoms. The smallest absolute Gasteiger partial charge is 0.265 e. The first kappa shape index (κ1) is 19.2. The van der Waals surface area contributed by atoms with Gasteiger partial charge in [0.25, 0.3) is 10.0 Å². The topological polar surface area (TPSA) is 110 Å². The van der Waals surface area contributed by atoms with Crippen molar-refractivity contribution in [2.24, 2.45) is 5.73 Å². The molecular formula is C18H18ClN3O4S. The fourth-order valence-electron chi connectivity index (χ4n) is 3.06. The van der Waals surface area contributed by atoms with Crippen molar-refractivity contribution in [1.82, 2.24) is 0 Å². The summed E-state index contributed by atoms with van der Waals surface area (Å²) in [5.74, 6) is -1.39. The van der Waals surface area contributed by atoms with Gasteiger partial charge >= 0.3 is 0 Å². The van der Waals surface area contributed by atoms with Gasteiger partial charge in [-0.05, 0) is 49.2 Å². The summed E-state index contributed by atoms with van der Waals surface area (Å²) >= 11 is 6.09. The zero-order valence-electron chi connectivity index (χ0n) is 14.7. The molecule has 3 rings (SSSR count). The predicted octanol–water partition coefficient (Wildman–Crippen LogP) is 2.35. The van der Waals surface area contributed by atoms with Gasteiger partial charge in [0.15, 0.2) is 0 Å². The van der Waals surface area contributed by atoms with E-state index in [-0.39, 0.29) is 10.6 Å². The summed E-state index contributed by atoms with van der Waals surface area (Å²) in [7, 11) is -4.17. The van der Waals surface area contributed by atoms with Crippen LogP contribution in [0.5, 0.6) is 0 Å². The molecule has 0 aromatic heterocycles. The van der Waals surface area contributed by atoms with Crippen molar-refractivity contribution in [2.45, 2.75) is 31.2 Å². The van der Waals surface area contributed by atoms with Gasteiger partial charge in [-0.1, -0.05) is 23.7 Å². The molecule has 1 atom stereocenters. The maximum Gasteiger partial charge on any atom is 0.265 e. The van der Waals surface area contributed by atoms with Crippen LogP contribution in [0.4, 0.5) is 11.4 Å². The number of anilines is 2. The molecule has 1 aliphatic rings. The molecule has 1 unspecified atom stereocenters. The van der Waals surface area contributed by atoms with Gasteiger partial charge in [0.1, 0.15) is 6.04 Å². The first-order chi connectivity index (χ1) is 12.6. The van der Waals surface area contributed by atoms with Gasteiger partial charge in [-0.3, -0.25) is 13.9 Å². The molecule has 2 aromatic carbocycles. The minimum atomic E-state index is -4.17. The molecule has 0 radical (unpaired) electrons. The van der Waals surface area contributed by atoms with Crippen molar-refractivity contribution < 1.29 is 18.0 Å². The summed E-state index contributed by atoms with van der Waals surface area (Å²) in [6.45, 7) is 3.32. The van der Waals surface area contributed by atoms with E-state index in [1.54, 1.807) is 44.2 Å². The molecule has 1 heterocycles. The summed E-state index contributed by atoms with van der Waals surface area (Å²) in [6, 6.07) is 8.23. The Labute approximate surface area is 162 Å². The summed E-state index contributed by atoms with van der Waals surface area (Å²) in [6.07, 6.45) is -0.439. The van der Waals surface area contributed by atoms with Crippen LogP contribution in [0.1, 0.15) is 17.5 Å². The monoisotopic (exact) mass is 407 g/mol. The third kappa shape index (κ3) is 3.38. The highest BCUT2D eigenvalue weighted by Gasteiger charge is 2.42. The molecule has 0 bridgehead atoms. The molecule has 2 aromatic rings. The van der Waals surface area contributed by atoms with Gasteiger partial charge in [-0.15, -0.1) is 0 Å². The second-order valence-electron chi connectivity index (χ2n) is 6.36. The summed E-state index contributed by atoms with van der Waals surface area (Å²) in [5, 5.41) is 3.07. The molecule has 0 saturated carbocycles. The number of amides is 2. The number of benzene rings is 2. The third-order valence-electron chi connectivity index (χ3n) is 4.37. The van der Waals surface area contributed by atoms with E-state index in [1.165, 1.54) is 6.07 Å². The lowest BCUT2D eigenvalue weighted by Gasteiger charge is -2.36. The number of hydrogen-bond donors (Lipinski definition) is 2. The maximum absolute atomic E-state index is 13.5. The number of rotatable bonds is 4. The van der Waals surface area contributed by atoms with Crippen LogP contribution in [-0.2, 0) is 19.6 Å². The molecular weight excluding hydrogens is 390 g/mol. The average molecular weight is 408 g/mol. The Kier molecular flexibility index (Phi) is 4.88. The predicted molar refractivity (Wildman–Crippen MR) is 103 cm³/mol. The number of nitrogens with one attached hydrogen (secondary N) is 1. The molecule has 9 heteroatoms. The Morgan fingerprint density at radius 2 is 1.89 bits per heavy atom. The van der Waals surface area contributed by atoms with Gasteiger partial charge in [0.2, 0.25) is 11.8 Å². The van der Waals surface area contributed by atoms with Crippen LogP contribution in [0.3, 0.4) is 0 Å². The quantitative estimate of drug-likeness (QED) is 0.810.